The number of carbonyl (C=O) groups excluding carboxylic acids is 1. The number of aromatic nitrogens is 1. The highest BCUT2D eigenvalue weighted by Gasteiger charge is 2.25. The van der Waals surface area contributed by atoms with Crippen LogP contribution >= 0.6 is 11.6 Å². The fraction of sp³-hybridized carbons (Fsp3) is 0.323. The van der Waals surface area contributed by atoms with Crippen LogP contribution in [0.5, 0.6) is 5.75 Å². The number of amides is 1. The number of nitriles is 1. The molecule has 0 unspecified atom stereocenters. The second-order valence-corrected chi connectivity index (χ2v) is 11.4. The molecule has 4 rings (SSSR count). The molecule has 1 fully saturated rings. The van der Waals surface area contributed by atoms with E-state index in [9.17, 15) is 19.6 Å². The minimum absolute atomic E-state index is 0.0873. The Morgan fingerprint density at radius 1 is 1.07 bits per heavy atom. The first-order chi connectivity index (χ1) is 19.5. The molecule has 8 nitrogen and oxygen atoms in total. The molecule has 1 saturated heterocycles. The van der Waals surface area contributed by atoms with Crippen LogP contribution < -0.4 is 9.80 Å². The van der Waals surface area contributed by atoms with Gasteiger partial charge in [-0.3, -0.25) is 14.6 Å². The summed E-state index contributed by atoms with van der Waals surface area (Å²) in [5.41, 5.74) is 1.79. The minimum Gasteiger partial charge on any atom is -0.507 e. The number of hydrogen-bond donors (Lipinski definition) is 1. The molecule has 1 aliphatic rings. The van der Waals surface area contributed by atoms with Gasteiger partial charge in [0.2, 0.25) is 6.41 Å². The molecule has 41 heavy (non-hydrogen) atoms. The van der Waals surface area contributed by atoms with Gasteiger partial charge in [0, 0.05) is 76.5 Å². The molecule has 0 aliphatic carbocycles. The van der Waals surface area contributed by atoms with E-state index in [2.05, 4.69) is 20.9 Å². The average molecular weight is 577 g/mol. The summed E-state index contributed by atoms with van der Waals surface area (Å²) in [6, 6.07) is 13.4. The second kappa shape index (κ2) is 12.6. The van der Waals surface area contributed by atoms with Crippen LogP contribution in [-0.4, -0.2) is 73.1 Å². The number of anilines is 2. The van der Waals surface area contributed by atoms with Crippen LogP contribution in [0.25, 0.3) is 22.3 Å². The lowest BCUT2D eigenvalue weighted by Gasteiger charge is -2.37. The zero-order valence-electron chi connectivity index (χ0n) is 23.7. The molecule has 1 amide bonds. The highest BCUT2D eigenvalue weighted by atomic mass is 35.5. The van der Waals surface area contributed by atoms with E-state index in [0.717, 1.165) is 32.0 Å². The van der Waals surface area contributed by atoms with Gasteiger partial charge in [-0.15, -0.1) is 0 Å². The summed E-state index contributed by atoms with van der Waals surface area (Å²) in [6.45, 7) is 7.67. The Labute approximate surface area is 245 Å². The Balaban J connectivity index is 1.60. The summed E-state index contributed by atoms with van der Waals surface area (Å²) in [6.07, 6.45) is 5.59. The Morgan fingerprint density at radius 3 is 2.32 bits per heavy atom. The molecule has 0 spiro atoms. The third kappa shape index (κ3) is 7.15. The summed E-state index contributed by atoms with van der Waals surface area (Å²) in [5.74, 6) is 0.137. The molecule has 1 N–H and O–H groups in total. The van der Waals surface area contributed by atoms with Crippen molar-refractivity contribution >= 4 is 29.5 Å². The third-order valence-electron chi connectivity index (χ3n) is 6.92. The average Bonchev–Trinajstić information content (AvgIpc) is 2.95. The first-order valence-electron chi connectivity index (χ1n) is 13.3. The maximum absolute atomic E-state index is 14.9. The second-order valence-electron chi connectivity index (χ2n) is 11.0. The Bertz CT molecular complexity index is 1480. The molecule has 3 aromatic rings. The zero-order chi connectivity index (χ0) is 29.7. The maximum Gasteiger partial charge on any atom is 0.218 e. The van der Waals surface area contributed by atoms with Gasteiger partial charge in [0.25, 0.3) is 0 Å². The number of halogens is 2. The quantitative estimate of drug-likeness (QED) is 0.333. The van der Waals surface area contributed by atoms with E-state index in [1.807, 2.05) is 34.0 Å². The number of carbonyl (C=O) groups is 1. The number of aromatic hydroxyl groups is 1. The molecule has 1 aliphatic heterocycles. The molecule has 1 aromatic heterocycles. The normalized spacial score (nSPS) is 14.2. The summed E-state index contributed by atoms with van der Waals surface area (Å²) >= 11 is 6.52. The topological polar surface area (TPSA) is 86.9 Å². The van der Waals surface area contributed by atoms with Gasteiger partial charge in [-0.1, -0.05) is 17.7 Å². The van der Waals surface area contributed by atoms with Crippen LogP contribution in [0.1, 0.15) is 13.8 Å². The largest absolute Gasteiger partial charge is 0.507 e. The standard InChI is InChI=1S/C31H34ClFN6O2/c1-31(2,19-34)20-37-10-13-38(14-11-37)29-16-23(7-8-35-29)26-18-24(33)17-25(30(26)41)22-5-6-28(27(32)15-22)39(21-40)12-9-36(3)4/h5-9,12,15-18,21,41H,10-11,13-14,20H2,1-4H3/b12-9-. The van der Waals surface area contributed by atoms with Crippen molar-refractivity contribution in [3.05, 3.63) is 71.9 Å². The number of hydrogen-bond acceptors (Lipinski definition) is 7. The first-order valence-corrected chi connectivity index (χ1v) is 13.6. The number of benzene rings is 2. The Morgan fingerprint density at radius 2 is 1.73 bits per heavy atom. The van der Waals surface area contributed by atoms with Crippen LogP contribution in [0.15, 0.2) is 61.1 Å². The lowest BCUT2D eigenvalue weighted by atomic mass is 9.95. The number of pyridine rings is 1. The van der Waals surface area contributed by atoms with Crippen molar-refractivity contribution in [1.82, 2.24) is 14.8 Å². The lowest BCUT2D eigenvalue weighted by Crippen LogP contribution is -2.49. The fourth-order valence-corrected chi connectivity index (χ4v) is 5.07. The van der Waals surface area contributed by atoms with E-state index >= 15 is 0 Å². The summed E-state index contributed by atoms with van der Waals surface area (Å²) in [4.78, 5) is 23.7. The van der Waals surface area contributed by atoms with Crippen LogP contribution in [0.4, 0.5) is 15.9 Å². The summed E-state index contributed by atoms with van der Waals surface area (Å²) in [5, 5.41) is 20.9. The van der Waals surface area contributed by atoms with Gasteiger partial charge in [0.1, 0.15) is 17.4 Å². The van der Waals surface area contributed by atoms with E-state index in [1.165, 1.54) is 17.0 Å². The molecular formula is C31H34ClFN6O2. The molecule has 2 heterocycles. The van der Waals surface area contributed by atoms with Crippen LogP contribution in [0.2, 0.25) is 5.02 Å². The van der Waals surface area contributed by atoms with E-state index in [-0.39, 0.29) is 16.3 Å². The van der Waals surface area contributed by atoms with Crippen molar-refractivity contribution in [3.8, 4) is 34.1 Å². The molecule has 10 heteroatoms. The van der Waals surface area contributed by atoms with Crippen molar-refractivity contribution in [2.75, 3.05) is 56.6 Å². The number of rotatable bonds is 9. The van der Waals surface area contributed by atoms with Crippen molar-refractivity contribution < 1.29 is 14.3 Å². The number of phenolic OH excluding ortho intramolecular Hbond substituents is 1. The lowest BCUT2D eigenvalue weighted by molar-refractivity contribution is -0.106. The summed E-state index contributed by atoms with van der Waals surface area (Å²) in [7, 11) is 3.67. The number of nitrogens with zero attached hydrogens (tertiary/aromatic N) is 6. The molecule has 0 saturated carbocycles. The Hall–Kier alpha value is -4.13. The van der Waals surface area contributed by atoms with Gasteiger partial charge in [0.05, 0.1) is 22.2 Å². The fourth-order valence-electron chi connectivity index (χ4n) is 4.79. The van der Waals surface area contributed by atoms with Crippen molar-refractivity contribution in [1.29, 1.82) is 5.26 Å². The molecule has 0 atom stereocenters. The van der Waals surface area contributed by atoms with Crippen LogP contribution in [0, 0.1) is 22.6 Å². The van der Waals surface area contributed by atoms with Gasteiger partial charge in [-0.2, -0.15) is 5.26 Å². The van der Waals surface area contributed by atoms with Crippen molar-refractivity contribution in [2.45, 2.75) is 13.8 Å². The molecule has 0 bridgehead atoms. The predicted molar refractivity (Wildman–Crippen MR) is 161 cm³/mol. The number of piperazine rings is 1. The smallest absolute Gasteiger partial charge is 0.218 e. The van der Waals surface area contributed by atoms with E-state index in [1.54, 1.807) is 47.8 Å². The van der Waals surface area contributed by atoms with Crippen LogP contribution in [0.3, 0.4) is 0 Å². The predicted octanol–water partition coefficient (Wildman–Crippen LogP) is 5.58. The van der Waals surface area contributed by atoms with E-state index in [0.29, 0.717) is 35.3 Å². The maximum atomic E-state index is 14.9. The summed E-state index contributed by atoms with van der Waals surface area (Å²) < 4.78 is 14.9. The monoisotopic (exact) mass is 576 g/mol. The SMILES string of the molecule is CN(C)/C=C\N(C=O)c1ccc(-c2cc(F)cc(-c3ccnc(N4CCN(CC(C)(C)C#N)CC4)c3)c2O)cc1Cl. The Kier molecular flexibility index (Phi) is 9.16. The number of phenols is 1. The van der Waals surface area contributed by atoms with Gasteiger partial charge < -0.3 is 14.9 Å². The molecule has 2 aromatic carbocycles. The molecule has 214 valence electrons. The van der Waals surface area contributed by atoms with Crippen molar-refractivity contribution in [2.24, 2.45) is 5.41 Å². The van der Waals surface area contributed by atoms with Gasteiger partial charge in [0.15, 0.2) is 0 Å². The van der Waals surface area contributed by atoms with Gasteiger partial charge >= 0.3 is 0 Å². The zero-order valence-corrected chi connectivity index (χ0v) is 24.4. The van der Waals surface area contributed by atoms with Gasteiger partial charge in [-0.05, 0) is 61.4 Å². The van der Waals surface area contributed by atoms with Gasteiger partial charge in [-0.25, -0.2) is 9.37 Å². The van der Waals surface area contributed by atoms with E-state index < -0.39 is 11.2 Å². The molecular weight excluding hydrogens is 543 g/mol. The highest BCUT2D eigenvalue weighted by molar-refractivity contribution is 6.34. The van der Waals surface area contributed by atoms with Crippen molar-refractivity contribution in [3.63, 3.8) is 0 Å². The molecule has 0 radical (unpaired) electrons. The third-order valence-corrected chi connectivity index (χ3v) is 7.23. The van der Waals surface area contributed by atoms with Crippen LogP contribution in [-0.2, 0) is 4.79 Å². The van der Waals surface area contributed by atoms with E-state index in [4.69, 9.17) is 11.6 Å². The highest BCUT2D eigenvalue weighted by Crippen LogP contribution is 2.41. The minimum atomic E-state index is -0.511. The first kappa shape index (κ1) is 29.8.